The maximum Gasteiger partial charge on any atom is 0.0675 e. The van der Waals surface area contributed by atoms with E-state index in [9.17, 15) is 0 Å². The molecule has 0 atom stereocenters. The second-order valence-electron chi connectivity index (χ2n) is 1.60. The molecule has 0 amide bonds. The van der Waals surface area contributed by atoms with Crippen LogP contribution < -0.4 is 5.43 Å². The minimum absolute atomic E-state index is 0.821. The van der Waals surface area contributed by atoms with Crippen LogP contribution in [-0.4, -0.2) is 25.5 Å². The lowest BCUT2D eigenvalue weighted by molar-refractivity contribution is 0.909. The van der Waals surface area contributed by atoms with Crippen LogP contribution >= 0.6 is 0 Å². The fourth-order valence-electron chi connectivity index (χ4n) is 0.448. The van der Waals surface area contributed by atoms with Crippen LogP contribution in [0.4, 0.5) is 0 Å². The molecular weight excluding hydrogens is 114 g/mol. The Balaban J connectivity index is 3.60. The van der Waals surface area contributed by atoms with Crippen LogP contribution in [0, 0.1) is 0 Å². The van der Waals surface area contributed by atoms with Gasteiger partial charge in [0.05, 0.1) is 11.9 Å². The number of hydrogen-bond donors (Lipinski definition) is 1. The molecular formula is C6H13N3. The molecule has 1 N–H and O–H groups in total. The molecule has 0 spiro atoms. The van der Waals surface area contributed by atoms with Crippen molar-refractivity contribution in [1.29, 1.82) is 0 Å². The highest BCUT2D eigenvalue weighted by atomic mass is 15.3. The van der Waals surface area contributed by atoms with Crippen LogP contribution in [-0.2, 0) is 0 Å². The van der Waals surface area contributed by atoms with E-state index in [1.165, 1.54) is 0 Å². The molecule has 0 aromatic rings. The third-order valence-corrected chi connectivity index (χ3v) is 0.788. The van der Waals surface area contributed by atoms with Crippen molar-refractivity contribution < 1.29 is 0 Å². The summed E-state index contributed by atoms with van der Waals surface area (Å²) >= 11 is 0. The Morgan fingerprint density at radius 1 is 1.67 bits per heavy atom. The van der Waals surface area contributed by atoms with Crippen molar-refractivity contribution in [3.8, 4) is 0 Å². The summed E-state index contributed by atoms with van der Waals surface area (Å²) in [5, 5.41) is 3.78. The third kappa shape index (κ3) is 5.00. The second-order valence-corrected chi connectivity index (χ2v) is 1.60. The Bertz CT molecular complexity index is 115. The summed E-state index contributed by atoms with van der Waals surface area (Å²) in [6, 6.07) is 0. The first-order valence-corrected chi connectivity index (χ1v) is 3.02. The first kappa shape index (κ1) is 8.14. The number of hydrogen-bond acceptors (Lipinski definition) is 3. The number of nitrogens with one attached hydrogen (secondary N) is 1. The Labute approximate surface area is 55.9 Å². The highest BCUT2D eigenvalue weighted by Crippen LogP contribution is 1.71. The molecule has 0 saturated carbocycles. The van der Waals surface area contributed by atoms with Gasteiger partial charge in [0.25, 0.3) is 0 Å². The molecule has 0 radical (unpaired) electrons. The van der Waals surface area contributed by atoms with Crippen molar-refractivity contribution in [2.24, 2.45) is 10.1 Å². The minimum atomic E-state index is 0.821. The van der Waals surface area contributed by atoms with Gasteiger partial charge in [-0.15, -0.1) is 0 Å². The van der Waals surface area contributed by atoms with Gasteiger partial charge < -0.3 is 5.43 Å². The van der Waals surface area contributed by atoms with Crippen molar-refractivity contribution in [3.05, 3.63) is 0 Å². The zero-order valence-corrected chi connectivity index (χ0v) is 6.18. The summed E-state index contributed by atoms with van der Waals surface area (Å²) in [4.78, 5) is 4.09. The standard InChI is InChI=1S/C6H13N3/c1-4-8-6(2)5-9-7-3/h5,7H,4H2,1-3H3/b8-6-,9-5+. The highest BCUT2D eigenvalue weighted by Gasteiger charge is 1.78. The Morgan fingerprint density at radius 3 is 2.78 bits per heavy atom. The van der Waals surface area contributed by atoms with Crippen LogP contribution in [0.25, 0.3) is 0 Å². The zero-order chi connectivity index (χ0) is 7.11. The second kappa shape index (κ2) is 5.28. The van der Waals surface area contributed by atoms with Gasteiger partial charge >= 0.3 is 0 Å². The Kier molecular flexibility index (Phi) is 4.78. The van der Waals surface area contributed by atoms with Crippen molar-refractivity contribution in [3.63, 3.8) is 0 Å². The Morgan fingerprint density at radius 2 is 2.33 bits per heavy atom. The molecule has 0 fully saturated rings. The van der Waals surface area contributed by atoms with Gasteiger partial charge in [0.15, 0.2) is 0 Å². The van der Waals surface area contributed by atoms with E-state index in [0.717, 1.165) is 12.3 Å². The van der Waals surface area contributed by atoms with Gasteiger partial charge in [-0.3, -0.25) is 4.99 Å². The van der Waals surface area contributed by atoms with Crippen LogP contribution in [0.2, 0.25) is 0 Å². The maximum absolute atomic E-state index is 4.09. The summed E-state index contributed by atoms with van der Waals surface area (Å²) in [5.74, 6) is 0. The van der Waals surface area contributed by atoms with E-state index in [0.29, 0.717) is 0 Å². The van der Waals surface area contributed by atoms with E-state index in [2.05, 4.69) is 15.5 Å². The van der Waals surface area contributed by atoms with Crippen molar-refractivity contribution >= 4 is 11.9 Å². The third-order valence-electron chi connectivity index (χ3n) is 0.788. The van der Waals surface area contributed by atoms with E-state index in [-0.39, 0.29) is 0 Å². The molecule has 3 heteroatoms. The minimum Gasteiger partial charge on any atom is -0.313 e. The summed E-state index contributed by atoms with van der Waals surface area (Å²) in [6.45, 7) is 4.74. The molecule has 0 heterocycles. The number of aliphatic imine (C=N–C) groups is 1. The molecule has 0 unspecified atom stereocenters. The summed E-state index contributed by atoms with van der Waals surface area (Å²) in [6.07, 6.45) is 1.70. The number of nitrogens with zero attached hydrogens (tertiary/aromatic N) is 2. The molecule has 52 valence electrons. The van der Waals surface area contributed by atoms with Crippen LogP contribution in [0.3, 0.4) is 0 Å². The molecule has 3 nitrogen and oxygen atoms in total. The maximum atomic E-state index is 4.09. The normalized spacial score (nSPS) is 12.6. The van der Waals surface area contributed by atoms with E-state index in [1.54, 1.807) is 13.3 Å². The van der Waals surface area contributed by atoms with E-state index < -0.39 is 0 Å². The van der Waals surface area contributed by atoms with E-state index in [4.69, 9.17) is 0 Å². The van der Waals surface area contributed by atoms with Gasteiger partial charge in [-0.1, -0.05) is 0 Å². The molecule has 0 aliphatic rings. The topological polar surface area (TPSA) is 36.8 Å². The lowest BCUT2D eigenvalue weighted by atomic mass is 10.5. The monoisotopic (exact) mass is 127 g/mol. The van der Waals surface area contributed by atoms with E-state index >= 15 is 0 Å². The van der Waals surface area contributed by atoms with Crippen LogP contribution in [0.1, 0.15) is 13.8 Å². The summed E-state index contributed by atoms with van der Waals surface area (Å²) in [7, 11) is 1.76. The highest BCUT2D eigenvalue weighted by molar-refractivity contribution is 6.29. The molecule has 0 aliphatic heterocycles. The average Bonchev–Trinajstić information content (AvgIpc) is 1.85. The predicted molar refractivity (Wildman–Crippen MR) is 41.2 cm³/mol. The molecule has 0 aromatic carbocycles. The molecule has 9 heavy (non-hydrogen) atoms. The fourth-order valence-corrected chi connectivity index (χ4v) is 0.448. The number of rotatable bonds is 3. The van der Waals surface area contributed by atoms with Crippen LogP contribution in [0.15, 0.2) is 10.1 Å². The lowest BCUT2D eigenvalue weighted by Gasteiger charge is -1.87. The molecule has 0 aliphatic carbocycles. The smallest absolute Gasteiger partial charge is 0.0675 e. The zero-order valence-electron chi connectivity index (χ0n) is 6.18. The van der Waals surface area contributed by atoms with Crippen molar-refractivity contribution in [2.45, 2.75) is 13.8 Å². The molecule has 0 saturated heterocycles. The van der Waals surface area contributed by atoms with Gasteiger partial charge in [0, 0.05) is 13.6 Å². The predicted octanol–water partition coefficient (Wildman–Crippen LogP) is 0.672. The number of hydrazone groups is 1. The largest absolute Gasteiger partial charge is 0.313 e. The Hall–Kier alpha value is -0.860. The quantitative estimate of drug-likeness (QED) is 0.439. The lowest BCUT2D eigenvalue weighted by Crippen LogP contribution is -2.00. The van der Waals surface area contributed by atoms with Gasteiger partial charge in [0.2, 0.25) is 0 Å². The van der Waals surface area contributed by atoms with Crippen LogP contribution in [0.5, 0.6) is 0 Å². The molecule has 0 rings (SSSR count). The van der Waals surface area contributed by atoms with Gasteiger partial charge in [-0.2, -0.15) is 5.10 Å². The SMILES string of the molecule is CC/N=C(C)\C=N\NC. The summed E-state index contributed by atoms with van der Waals surface area (Å²) in [5.41, 5.74) is 3.60. The van der Waals surface area contributed by atoms with E-state index in [1.807, 2.05) is 13.8 Å². The summed E-state index contributed by atoms with van der Waals surface area (Å²) < 4.78 is 0. The molecule has 0 bridgehead atoms. The van der Waals surface area contributed by atoms with Gasteiger partial charge in [0.1, 0.15) is 0 Å². The van der Waals surface area contributed by atoms with Crippen molar-refractivity contribution in [2.75, 3.05) is 13.6 Å². The molecule has 0 aromatic heterocycles. The van der Waals surface area contributed by atoms with Crippen molar-refractivity contribution in [1.82, 2.24) is 5.43 Å². The first-order chi connectivity index (χ1) is 4.31. The first-order valence-electron chi connectivity index (χ1n) is 3.02. The van der Waals surface area contributed by atoms with Gasteiger partial charge in [-0.25, -0.2) is 0 Å². The van der Waals surface area contributed by atoms with Gasteiger partial charge in [-0.05, 0) is 13.8 Å². The fraction of sp³-hybridized carbons (Fsp3) is 0.667. The average molecular weight is 127 g/mol.